The number of ether oxygens (including phenoxy) is 1. The van der Waals surface area contributed by atoms with Crippen LogP contribution in [0.15, 0.2) is 12.2 Å². The molecule has 0 aliphatic heterocycles. The fraction of sp³-hybridized carbons (Fsp3) is 0.750. The van der Waals surface area contributed by atoms with E-state index in [9.17, 15) is 4.79 Å². The van der Waals surface area contributed by atoms with Crippen LogP contribution in [-0.2, 0) is 9.53 Å². The van der Waals surface area contributed by atoms with Gasteiger partial charge in [0.05, 0.1) is 12.5 Å². The first-order valence-electron chi connectivity index (χ1n) is 5.22. The van der Waals surface area contributed by atoms with Crippen molar-refractivity contribution in [1.82, 2.24) is 0 Å². The van der Waals surface area contributed by atoms with Crippen molar-refractivity contribution in [3.05, 3.63) is 12.2 Å². The maximum absolute atomic E-state index is 11.6. The highest BCUT2D eigenvalue weighted by Gasteiger charge is 2.61. The monoisotopic (exact) mass is 196 g/mol. The minimum atomic E-state index is -0.0382. The molecule has 0 N–H and O–H groups in total. The van der Waals surface area contributed by atoms with Crippen LogP contribution in [0, 0.1) is 17.3 Å². The third-order valence-corrected chi connectivity index (χ3v) is 3.16. The SMILES string of the molecule is C=C(C)C[C@H]1[C@@H](C(=O)OCC)C1(C)C. The van der Waals surface area contributed by atoms with Gasteiger partial charge in [-0.05, 0) is 31.6 Å². The minimum absolute atomic E-state index is 0.0382. The summed E-state index contributed by atoms with van der Waals surface area (Å²) in [7, 11) is 0. The van der Waals surface area contributed by atoms with Crippen LogP contribution in [0.2, 0.25) is 0 Å². The van der Waals surface area contributed by atoms with Gasteiger partial charge in [-0.15, -0.1) is 6.58 Å². The molecule has 0 aromatic heterocycles. The number of rotatable bonds is 4. The molecule has 80 valence electrons. The molecular weight excluding hydrogens is 176 g/mol. The molecule has 0 unspecified atom stereocenters. The number of hydrogen-bond donors (Lipinski definition) is 0. The first kappa shape index (κ1) is 11.3. The number of hydrogen-bond acceptors (Lipinski definition) is 2. The number of carbonyl (C=O) groups excluding carboxylic acids is 1. The highest BCUT2D eigenvalue weighted by Crippen LogP contribution is 2.61. The van der Waals surface area contributed by atoms with E-state index in [0.717, 1.165) is 12.0 Å². The lowest BCUT2D eigenvalue weighted by atomic mass is 10.1. The van der Waals surface area contributed by atoms with Gasteiger partial charge in [-0.1, -0.05) is 19.4 Å². The van der Waals surface area contributed by atoms with Gasteiger partial charge >= 0.3 is 5.97 Å². The molecule has 0 radical (unpaired) electrons. The lowest BCUT2D eigenvalue weighted by molar-refractivity contribution is -0.145. The molecule has 0 heterocycles. The van der Waals surface area contributed by atoms with Gasteiger partial charge < -0.3 is 4.74 Å². The number of allylic oxidation sites excluding steroid dienone is 1. The van der Waals surface area contributed by atoms with Gasteiger partial charge in [-0.2, -0.15) is 0 Å². The molecule has 0 aromatic rings. The standard InChI is InChI=1S/C12H20O2/c1-6-14-11(13)10-9(7-8(2)3)12(10,4)5/h9-10H,2,6-7H2,1,3-5H3/t9-,10-/m0/s1. The van der Waals surface area contributed by atoms with E-state index < -0.39 is 0 Å². The summed E-state index contributed by atoms with van der Waals surface area (Å²) in [6, 6.07) is 0. The second kappa shape index (κ2) is 3.76. The summed E-state index contributed by atoms with van der Waals surface area (Å²) in [4.78, 5) is 11.6. The summed E-state index contributed by atoms with van der Waals surface area (Å²) in [6.07, 6.45) is 0.941. The Morgan fingerprint density at radius 3 is 2.50 bits per heavy atom. The molecule has 1 aliphatic rings. The van der Waals surface area contributed by atoms with Crippen LogP contribution in [0.1, 0.15) is 34.1 Å². The van der Waals surface area contributed by atoms with Crippen LogP contribution in [0.5, 0.6) is 0 Å². The Hall–Kier alpha value is -0.790. The van der Waals surface area contributed by atoms with Gasteiger partial charge in [-0.25, -0.2) is 0 Å². The Kier molecular flexibility index (Phi) is 3.03. The lowest BCUT2D eigenvalue weighted by Crippen LogP contribution is -2.10. The molecule has 1 rings (SSSR count). The van der Waals surface area contributed by atoms with E-state index in [1.165, 1.54) is 0 Å². The lowest BCUT2D eigenvalue weighted by Gasteiger charge is -2.01. The summed E-state index contributed by atoms with van der Waals surface area (Å²) in [5, 5.41) is 0. The Morgan fingerprint density at radius 1 is 1.50 bits per heavy atom. The van der Waals surface area contributed by atoms with Crippen molar-refractivity contribution < 1.29 is 9.53 Å². The van der Waals surface area contributed by atoms with Crippen LogP contribution < -0.4 is 0 Å². The molecule has 0 amide bonds. The Labute approximate surface area is 86.3 Å². The summed E-state index contributed by atoms with van der Waals surface area (Å²) in [5.41, 5.74) is 1.25. The van der Waals surface area contributed by atoms with Gasteiger partial charge in [0.2, 0.25) is 0 Å². The summed E-state index contributed by atoms with van der Waals surface area (Å²) >= 11 is 0. The van der Waals surface area contributed by atoms with E-state index in [-0.39, 0.29) is 17.3 Å². The van der Waals surface area contributed by atoms with Crippen molar-refractivity contribution in [2.24, 2.45) is 17.3 Å². The van der Waals surface area contributed by atoms with Crippen LogP contribution in [0.4, 0.5) is 0 Å². The number of carbonyl (C=O) groups is 1. The first-order valence-corrected chi connectivity index (χ1v) is 5.22. The first-order chi connectivity index (χ1) is 6.41. The zero-order valence-corrected chi connectivity index (χ0v) is 9.59. The zero-order valence-electron chi connectivity index (χ0n) is 9.59. The summed E-state index contributed by atoms with van der Waals surface area (Å²) in [6.45, 7) is 12.5. The van der Waals surface area contributed by atoms with E-state index in [2.05, 4.69) is 20.4 Å². The van der Waals surface area contributed by atoms with Crippen molar-refractivity contribution in [3.63, 3.8) is 0 Å². The third kappa shape index (κ3) is 1.99. The minimum Gasteiger partial charge on any atom is -0.466 e. The molecular formula is C12H20O2. The molecule has 0 aromatic carbocycles. The highest BCUT2D eigenvalue weighted by molar-refractivity contribution is 5.77. The molecule has 1 saturated carbocycles. The molecule has 0 saturated heterocycles. The van der Waals surface area contributed by atoms with Crippen molar-refractivity contribution >= 4 is 5.97 Å². The molecule has 2 heteroatoms. The molecule has 0 spiro atoms. The van der Waals surface area contributed by atoms with E-state index in [1.54, 1.807) is 0 Å². The largest absolute Gasteiger partial charge is 0.466 e. The topological polar surface area (TPSA) is 26.3 Å². The van der Waals surface area contributed by atoms with Crippen LogP contribution in [-0.4, -0.2) is 12.6 Å². The van der Waals surface area contributed by atoms with Gasteiger partial charge in [0, 0.05) is 0 Å². The fourth-order valence-electron chi connectivity index (χ4n) is 2.20. The molecule has 0 bridgehead atoms. The number of esters is 1. The Morgan fingerprint density at radius 2 is 2.07 bits per heavy atom. The van der Waals surface area contributed by atoms with Gasteiger partial charge in [-0.3, -0.25) is 4.79 Å². The third-order valence-electron chi connectivity index (χ3n) is 3.16. The summed E-state index contributed by atoms with van der Waals surface area (Å²) < 4.78 is 5.04. The van der Waals surface area contributed by atoms with E-state index >= 15 is 0 Å². The van der Waals surface area contributed by atoms with Crippen molar-refractivity contribution in [3.8, 4) is 0 Å². The predicted octanol–water partition coefficient (Wildman–Crippen LogP) is 2.79. The average Bonchev–Trinajstić information content (AvgIpc) is 2.52. The van der Waals surface area contributed by atoms with Crippen LogP contribution in [0.25, 0.3) is 0 Å². The molecule has 2 nitrogen and oxygen atoms in total. The molecule has 1 fully saturated rings. The van der Waals surface area contributed by atoms with Crippen molar-refractivity contribution in [2.45, 2.75) is 34.1 Å². The van der Waals surface area contributed by atoms with Gasteiger partial charge in [0.15, 0.2) is 0 Å². The molecule has 1 aliphatic carbocycles. The fourth-order valence-corrected chi connectivity index (χ4v) is 2.20. The maximum atomic E-state index is 11.6. The van der Waals surface area contributed by atoms with E-state index in [0.29, 0.717) is 12.5 Å². The zero-order chi connectivity index (χ0) is 10.9. The summed E-state index contributed by atoms with van der Waals surface area (Å²) in [5.74, 6) is 0.474. The van der Waals surface area contributed by atoms with Crippen molar-refractivity contribution in [2.75, 3.05) is 6.61 Å². The molecule has 14 heavy (non-hydrogen) atoms. The smallest absolute Gasteiger partial charge is 0.309 e. The van der Waals surface area contributed by atoms with Crippen LogP contribution in [0.3, 0.4) is 0 Å². The van der Waals surface area contributed by atoms with E-state index in [1.807, 2.05) is 13.8 Å². The van der Waals surface area contributed by atoms with Crippen LogP contribution >= 0.6 is 0 Å². The predicted molar refractivity (Wildman–Crippen MR) is 56.8 cm³/mol. The second-order valence-electron chi connectivity index (χ2n) is 4.82. The maximum Gasteiger partial charge on any atom is 0.309 e. The average molecular weight is 196 g/mol. The highest BCUT2D eigenvalue weighted by atomic mass is 16.5. The normalized spacial score (nSPS) is 28.3. The van der Waals surface area contributed by atoms with Crippen molar-refractivity contribution in [1.29, 1.82) is 0 Å². The quantitative estimate of drug-likeness (QED) is 0.510. The Balaban J connectivity index is 2.56. The van der Waals surface area contributed by atoms with Gasteiger partial charge in [0.1, 0.15) is 0 Å². The van der Waals surface area contributed by atoms with E-state index in [4.69, 9.17) is 4.74 Å². The van der Waals surface area contributed by atoms with Gasteiger partial charge in [0.25, 0.3) is 0 Å². The Bertz CT molecular complexity index is 253. The second-order valence-corrected chi connectivity index (χ2v) is 4.82. The molecule has 2 atom stereocenters.